The quantitative estimate of drug-likeness (QED) is 0.373. The monoisotopic (exact) mass is 503 g/mol. The van der Waals surface area contributed by atoms with E-state index in [-0.39, 0.29) is 25.4 Å². The molecule has 0 aliphatic heterocycles. The molecule has 0 spiro atoms. The molecule has 192 valence electrons. The second-order valence-electron chi connectivity index (χ2n) is 9.28. The average molecular weight is 504 g/mol. The molecule has 0 aliphatic carbocycles. The third-order valence-corrected chi connectivity index (χ3v) is 5.20. The highest BCUT2D eigenvalue weighted by molar-refractivity contribution is 5.87. The topological polar surface area (TPSA) is 118 Å². The van der Waals surface area contributed by atoms with Crippen LogP contribution in [0.2, 0.25) is 0 Å². The second kappa shape index (κ2) is 11.0. The summed E-state index contributed by atoms with van der Waals surface area (Å²) in [6.45, 7) is 5.65. The first-order chi connectivity index (χ1) is 17.7. The van der Waals surface area contributed by atoms with E-state index in [1.165, 1.54) is 4.90 Å². The number of hydrogen-bond donors (Lipinski definition) is 2. The number of hydrogen-bond acceptors (Lipinski definition) is 7. The van der Waals surface area contributed by atoms with E-state index >= 15 is 0 Å². The van der Waals surface area contributed by atoms with E-state index in [2.05, 4.69) is 15.4 Å². The first-order valence-corrected chi connectivity index (χ1v) is 11.8. The number of phenolic OH excluding ortho intramolecular Hbond substituents is 1. The number of alkyl carbamates (subject to hydrolysis) is 1. The van der Waals surface area contributed by atoms with E-state index in [1.807, 2.05) is 36.4 Å². The first kappa shape index (κ1) is 25.5. The molecular formula is C27H29N5O5. The lowest BCUT2D eigenvalue weighted by Crippen LogP contribution is -2.42. The summed E-state index contributed by atoms with van der Waals surface area (Å²) in [5.41, 5.74) is 2.05. The fraction of sp³-hybridized carbons (Fsp3) is 0.259. The van der Waals surface area contributed by atoms with Gasteiger partial charge in [-0.2, -0.15) is 0 Å². The zero-order valence-corrected chi connectivity index (χ0v) is 20.9. The SMILES string of the molecule is CC(C)(C)OC(=O)N(CCNC(=O)OCc1ccccc1)c1ccc2ncc(-c3cccc(O)c3)n2n1. The number of fused-ring (bicyclic) bond motifs is 1. The van der Waals surface area contributed by atoms with Crippen molar-refractivity contribution in [3.05, 3.63) is 78.5 Å². The lowest BCUT2D eigenvalue weighted by atomic mass is 10.1. The number of anilines is 1. The summed E-state index contributed by atoms with van der Waals surface area (Å²) in [7, 11) is 0. The third kappa shape index (κ3) is 6.75. The Morgan fingerprint density at radius 1 is 1.05 bits per heavy atom. The number of aromatic hydroxyl groups is 1. The smallest absolute Gasteiger partial charge is 0.416 e. The molecule has 0 saturated carbocycles. The van der Waals surface area contributed by atoms with Crippen LogP contribution in [0.15, 0.2) is 72.9 Å². The van der Waals surface area contributed by atoms with Crippen molar-refractivity contribution in [1.82, 2.24) is 19.9 Å². The van der Waals surface area contributed by atoms with Gasteiger partial charge in [-0.05, 0) is 50.6 Å². The Morgan fingerprint density at radius 3 is 2.57 bits per heavy atom. The molecule has 0 atom stereocenters. The molecule has 0 fully saturated rings. The van der Waals surface area contributed by atoms with Gasteiger partial charge in [0.25, 0.3) is 0 Å². The van der Waals surface area contributed by atoms with E-state index in [0.717, 1.165) is 5.56 Å². The van der Waals surface area contributed by atoms with Gasteiger partial charge >= 0.3 is 12.2 Å². The minimum atomic E-state index is -0.733. The van der Waals surface area contributed by atoms with E-state index in [1.54, 1.807) is 61.8 Å². The summed E-state index contributed by atoms with van der Waals surface area (Å²) in [5, 5.41) is 17.2. The van der Waals surface area contributed by atoms with Crippen LogP contribution in [0, 0.1) is 0 Å². The number of nitrogens with zero attached hydrogens (tertiary/aromatic N) is 4. The van der Waals surface area contributed by atoms with Crippen molar-refractivity contribution < 1.29 is 24.2 Å². The van der Waals surface area contributed by atoms with Crippen LogP contribution in [-0.2, 0) is 16.1 Å². The van der Waals surface area contributed by atoms with Gasteiger partial charge in [-0.3, -0.25) is 4.90 Å². The van der Waals surface area contributed by atoms with Gasteiger partial charge in [0.15, 0.2) is 11.5 Å². The molecular weight excluding hydrogens is 474 g/mol. The van der Waals surface area contributed by atoms with Crippen molar-refractivity contribution >= 4 is 23.7 Å². The Hall–Kier alpha value is -4.60. The molecule has 2 N–H and O–H groups in total. The fourth-order valence-electron chi connectivity index (χ4n) is 3.53. The van der Waals surface area contributed by atoms with Crippen LogP contribution >= 0.6 is 0 Å². The second-order valence-corrected chi connectivity index (χ2v) is 9.28. The molecule has 0 aliphatic rings. The first-order valence-electron chi connectivity index (χ1n) is 11.8. The van der Waals surface area contributed by atoms with Gasteiger partial charge in [0.05, 0.1) is 11.9 Å². The van der Waals surface area contributed by atoms with E-state index in [9.17, 15) is 14.7 Å². The maximum atomic E-state index is 13.1. The van der Waals surface area contributed by atoms with Gasteiger partial charge in [0.1, 0.15) is 18.0 Å². The molecule has 0 unspecified atom stereocenters. The van der Waals surface area contributed by atoms with Crippen LogP contribution in [0.25, 0.3) is 16.9 Å². The Balaban J connectivity index is 1.52. The number of imidazole rings is 1. The predicted molar refractivity (Wildman–Crippen MR) is 138 cm³/mol. The maximum Gasteiger partial charge on any atom is 0.416 e. The maximum absolute atomic E-state index is 13.1. The fourth-order valence-corrected chi connectivity index (χ4v) is 3.53. The summed E-state index contributed by atoms with van der Waals surface area (Å²) in [6, 6.07) is 19.5. The molecule has 10 heteroatoms. The highest BCUT2D eigenvalue weighted by Crippen LogP contribution is 2.25. The Bertz CT molecular complexity index is 1380. The highest BCUT2D eigenvalue weighted by atomic mass is 16.6. The van der Waals surface area contributed by atoms with Crippen LogP contribution < -0.4 is 10.2 Å². The zero-order valence-electron chi connectivity index (χ0n) is 20.9. The van der Waals surface area contributed by atoms with Crippen molar-refractivity contribution in [3.8, 4) is 17.0 Å². The predicted octanol–water partition coefficient (Wildman–Crippen LogP) is 4.77. The molecule has 0 bridgehead atoms. The number of carbonyl (C=O) groups excluding carboxylic acids is 2. The summed E-state index contributed by atoms with van der Waals surface area (Å²) in [5.74, 6) is 0.421. The largest absolute Gasteiger partial charge is 0.508 e. The molecule has 2 aromatic heterocycles. The van der Waals surface area contributed by atoms with Crippen LogP contribution in [0.5, 0.6) is 5.75 Å². The highest BCUT2D eigenvalue weighted by Gasteiger charge is 2.25. The molecule has 10 nitrogen and oxygen atoms in total. The minimum Gasteiger partial charge on any atom is -0.508 e. The van der Waals surface area contributed by atoms with Gasteiger partial charge in [0, 0.05) is 18.7 Å². The van der Waals surface area contributed by atoms with Crippen LogP contribution in [0.4, 0.5) is 15.4 Å². The number of benzene rings is 2. The molecule has 4 rings (SSSR count). The van der Waals surface area contributed by atoms with Gasteiger partial charge in [-0.25, -0.2) is 19.1 Å². The van der Waals surface area contributed by atoms with E-state index in [4.69, 9.17) is 9.47 Å². The van der Waals surface area contributed by atoms with Gasteiger partial charge in [0.2, 0.25) is 0 Å². The lowest BCUT2D eigenvalue weighted by molar-refractivity contribution is 0.0578. The number of nitrogens with one attached hydrogen (secondary N) is 1. The Labute approximate surface area is 214 Å². The van der Waals surface area contributed by atoms with Gasteiger partial charge in [-0.1, -0.05) is 42.5 Å². The number of rotatable bonds is 7. The van der Waals surface area contributed by atoms with Crippen LogP contribution in [0.1, 0.15) is 26.3 Å². The lowest BCUT2D eigenvalue weighted by Gasteiger charge is -2.26. The average Bonchev–Trinajstić information content (AvgIpc) is 3.28. The molecule has 0 radical (unpaired) electrons. The van der Waals surface area contributed by atoms with Gasteiger partial charge in [-0.15, -0.1) is 5.10 Å². The van der Waals surface area contributed by atoms with Gasteiger partial charge < -0.3 is 19.9 Å². The minimum absolute atomic E-state index is 0.0873. The third-order valence-electron chi connectivity index (χ3n) is 5.20. The number of amides is 2. The van der Waals surface area contributed by atoms with Crippen LogP contribution in [0.3, 0.4) is 0 Å². The summed E-state index contributed by atoms with van der Waals surface area (Å²) < 4.78 is 12.4. The number of phenols is 1. The normalized spacial score (nSPS) is 11.2. The Morgan fingerprint density at radius 2 is 1.84 bits per heavy atom. The van der Waals surface area contributed by atoms with Crippen molar-refractivity contribution in [1.29, 1.82) is 0 Å². The Kier molecular flexibility index (Phi) is 7.57. The molecule has 0 saturated heterocycles. The molecule has 2 heterocycles. The molecule has 37 heavy (non-hydrogen) atoms. The van der Waals surface area contributed by atoms with E-state index < -0.39 is 17.8 Å². The molecule has 4 aromatic rings. The van der Waals surface area contributed by atoms with Crippen molar-refractivity contribution in [2.75, 3.05) is 18.0 Å². The number of carbonyl (C=O) groups is 2. The summed E-state index contributed by atoms with van der Waals surface area (Å²) >= 11 is 0. The number of ether oxygens (including phenoxy) is 2. The summed E-state index contributed by atoms with van der Waals surface area (Å²) in [4.78, 5) is 31.0. The standard InChI is InChI=1S/C27H29N5O5/c1-27(2,3)37-26(35)31(15-14-28-25(34)36-18-19-8-5-4-6-9-19)24-13-12-23-29-17-22(32(23)30-24)20-10-7-11-21(33)16-20/h4-13,16-17,33H,14-15,18H2,1-3H3,(H,28,34). The molecule has 2 aromatic carbocycles. The van der Waals surface area contributed by atoms with Crippen molar-refractivity contribution in [3.63, 3.8) is 0 Å². The molecule has 2 amide bonds. The van der Waals surface area contributed by atoms with Crippen molar-refractivity contribution in [2.24, 2.45) is 0 Å². The van der Waals surface area contributed by atoms with E-state index in [0.29, 0.717) is 22.7 Å². The summed E-state index contributed by atoms with van der Waals surface area (Å²) in [6.07, 6.45) is 0.429. The van der Waals surface area contributed by atoms with Crippen LogP contribution in [-0.4, -0.2) is 50.6 Å². The number of aromatic nitrogens is 3. The zero-order chi connectivity index (χ0) is 26.4. The van der Waals surface area contributed by atoms with Crippen molar-refractivity contribution in [2.45, 2.75) is 33.0 Å².